The first-order valence-corrected chi connectivity index (χ1v) is 8.85. The van der Waals surface area contributed by atoms with Crippen molar-refractivity contribution in [3.8, 4) is 0 Å². The fraction of sp³-hybridized carbons (Fsp3) is 0.571. The van der Waals surface area contributed by atoms with Crippen LogP contribution in [-0.2, 0) is 27.9 Å². The molecule has 0 aromatic heterocycles. The summed E-state index contributed by atoms with van der Waals surface area (Å²) in [6.45, 7) is 5.15. The van der Waals surface area contributed by atoms with Crippen LogP contribution in [0, 0.1) is 5.92 Å². The number of nitrogens with one attached hydrogen (secondary N) is 1. The number of rotatable bonds is 9. The zero-order chi connectivity index (χ0) is 15.0. The molecule has 0 aliphatic carbocycles. The van der Waals surface area contributed by atoms with Crippen LogP contribution >= 0.6 is 11.6 Å². The zero-order valence-electron chi connectivity index (χ0n) is 11.9. The first-order valence-electron chi connectivity index (χ1n) is 6.66. The Hall–Kier alpha value is -0.620. The first-order chi connectivity index (χ1) is 9.48. The molecule has 0 spiro atoms. The molecule has 0 saturated carbocycles. The van der Waals surface area contributed by atoms with Crippen molar-refractivity contribution in [1.29, 1.82) is 0 Å². The summed E-state index contributed by atoms with van der Waals surface area (Å²) in [4.78, 5) is 0. The van der Waals surface area contributed by atoms with Gasteiger partial charge in [-0.2, -0.15) is 0 Å². The van der Waals surface area contributed by atoms with Gasteiger partial charge in [0.25, 0.3) is 0 Å². The number of hydrogen-bond acceptors (Lipinski definition) is 3. The topological polar surface area (TPSA) is 55.4 Å². The molecule has 1 rings (SSSR count). The molecule has 20 heavy (non-hydrogen) atoms. The average molecular weight is 320 g/mol. The Kier molecular flexibility index (Phi) is 7.51. The van der Waals surface area contributed by atoms with Gasteiger partial charge in [-0.3, -0.25) is 0 Å². The quantitative estimate of drug-likeness (QED) is 0.712. The lowest BCUT2D eigenvalue weighted by Crippen LogP contribution is -2.29. The van der Waals surface area contributed by atoms with Crippen molar-refractivity contribution in [3.05, 3.63) is 35.4 Å². The van der Waals surface area contributed by atoms with Gasteiger partial charge in [-0.1, -0.05) is 31.2 Å². The van der Waals surface area contributed by atoms with Crippen molar-refractivity contribution in [2.75, 3.05) is 18.2 Å². The average Bonchev–Trinajstić information content (AvgIpc) is 2.43. The summed E-state index contributed by atoms with van der Waals surface area (Å²) < 4.78 is 31.8. The molecule has 1 aromatic carbocycles. The van der Waals surface area contributed by atoms with E-state index in [1.165, 1.54) is 0 Å². The molecule has 1 unspecified atom stereocenters. The Labute approximate surface area is 126 Å². The van der Waals surface area contributed by atoms with E-state index >= 15 is 0 Å². The standard InChI is InChI=1S/C14H22ClNO3S/c1-3-19-10-14-7-5-4-6-13(14)9-16-20(17,18)11-12(2)8-15/h4-7,12,16H,3,8-11H2,1-2H3. The van der Waals surface area contributed by atoms with E-state index in [-0.39, 0.29) is 18.2 Å². The third kappa shape index (κ3) is 6.22. The van der Waals surface area contributed by atoms with E-state index in [9.17, 15) is 8.42 Å². The fourth-order valence-corrected chi connectivity index (χ4v) is 3.35. The third-order valence-electron chi connectivity index (χ3n) is 2.83. The van der Waals surface area contributed by atoms with Gasteiger partial charge in [0.2, 0.25) is 10.0 Å². The molecule has 0 saturated heterocycles. The number of ether oxygens (including phenoxy) is 1. The molecular weight excluding hydrogens is 298 g/mol. The van der Waals surface area contributed by atoms with Crippen molar-refractivity contribution in [2.24, 2.45) is 5.92 Å². The summed E-state index contributed by atoms with van der Waals surface area (Å²) in [5.41, 5.74) is 1.94. The van der Waals surface area contributed by atoms with Crippen LogP contribution in [0.1, 0.15) is 25.0 Å². The third-order valence-corrected chi connectivity index (χ3v) is 4.95. The Morgan fingerprint density at radius 1 is 1.30 bits per heavy atom. The molecule has 6 heteroatoms. The van der Waals surface area contributed by atoms with Gasteiger partial charge in [0.1, 0.15) is 0 Å². The molecule has 1 N–H and O–H groups in total. The molecule has 4 nitrogen and oxygen atoms in total. The van der Waals surface area contributed by atoms with Crippen LogP contribution in [0.25, 0.3) is 0 Å². The summed E-state index contributed by atoms with van der Waals surface area (Å²) in [5, 5.41) is 0. The van der Waals surface area contributed by atoms with Crippen LogP contribution in [0.3, 0.4) is 0 Å². The van der Waals surface area contributed by atoms with Crippen molar-refractivity contribution in [3.63, 3.8) is 0 Å². The van der Waals surface area contributed by atoms with Gasteiger partial charge in [0, 0.05) is 19.0 Å². The Balaban J connectivity index is 2.65. The molecule has 0 fully saturated rings. The number of alkyl halides is 1. The van der Waals surface area contributed by atoms with E-state index < -0.39 is 10.0 Å². The molecule has 1 aromatic rings. The lowest BCUT2D eigenvalue weighted by molar-refractivity contribution is 0.133. The monoisotopic (exact) mass is 319 g/mol. The summed E-state index contributed by atoms with van der Waals surface area (Å²) in [6.07, 6.45) is 0. The smallest absolute Gasteiger partial charge is 0.212 e. The summed E-state index contributed by atoms with van der Waals surface area (Å²) in [5.74, 6) is 0.319. The van der Waals surface area contributed by atoms with E-state index in [1.807, 2.05) is 38.1 Å². The minimum Gasteiger partial charge on any atom is -0.377 e. The minimum atomic E-state index is -3.30. The second kappa shape index (κ2) is 8.62. The molecule has 0 radical (unpaired) electrons. The van der Waals surface area contributed by atoms with E-state index in [0.717, 1.165) is 11.1 Å². The first kappa shape index (κ1) is 17.4. The SMILES string of the molecule is CCOCc1ccccc1CNS(=O)(=O)CC(C)CCl. The molecule has 0 heterocycles. The number of hydrogen-bond donors (Lipinski definition) is 1. The summed E-state index contributed by atoms with van der Waals surface area (Å²) in [6, 6.07) is 7.66. The lowest BCUT2D eigenvalue weighted by atomic mass is 10.1. The molecule has 1 atom stereocenters. The number of benzene rings is 1. The predicted octanol–water partition coefficient (Wildman–Crippen LogP) is 2.52. The highest BCUT2D eigenvalue weighted by molar-refractivity contribution is 7.89. The largest absolute Gasteiger partial charge is 0.377 e. The van der Waals surface area contributed by atoms with E-state index in [2.05, 4.69) is 4.72 Å². The van der Waals surface area contributed by atoms with Gasteiger partial charge in [-0.25, -0.2) is 13.1 Å². The van der Waals surface area contributed by atoms with Crippen LogP contribution < -0.4 is 4.72 Å². The van der Waals surface area contributed by atoms with Gasteiger partial charge in [-0.15, -0.1) is 11.6 Å². The van der Waals surface area contributed by atoms with Gasteiger partial charge < -0.3 is 4.74 Å². The number of sulfonamides is 1. The normalized spacial score (nSPS) is 13.3. The maximum Gasteiger partial charge on any atom is 0.212 e. The van der Waals surface area contributed by atoms with Gasteiger partial charge >= 0.3 is 0 Å². The Bertz CT molecular complexity index is 505. The molecule has 0 aliphatic rings. The maximum absolute atomic E-state index is 11.9. The minimum absolute atomic E-state index is 0.0458. The van der Waals surface area contributed by atoms with E-state index in [0.29, 0.717) is 19.1 Å². The Morgan fingerprint density at radius 3 is 2.55 bits per heavy atom. The molecule has 0 bridgehead atoms. The highest BCUT2D eigenvalue weighted by atomic mass is 35.5. The van der Waals surface area contributed by atoms with Crippen LogP contribution in [0.15, 0.2) is 24.3 Å². The lowest BCUT2D eigenvalue weighted by Gasteiger charge is -2.12. The second-order valence-electron chi connectivity index (χ2n) is 4.77. The van der Waals surface area contributed by atoms with Gasteiger partial charge in [0.15, 0.2) is 0 Å². The van der Waals surface area contributed by atoms with Crippen molar-refractivity contribution in [2.45, 2.75) is 27.0 Å². The van der Waals surface area contributed by atoms with Crippen LogP contribution in [0.5, 0.6) is 0 Å². The fourth-order valence-electron chi connectivity index (χ4n) is 1.75. The highest BCUT2D eigenvalue weighted by Crippen LogP contribution is 2.11. The zero-order valence-corrected chi connectivity index (χ0v) is 13.5. The second-order valence-corrected chi connectivity index (χ2v) is 6.93. The number of halogens is 1. The van der Waals surface area contributed by atoms with Crippen LogP contribution in [-0.4, -0.2) is 26.7 Å². The molecule has 114 valence electrons. The van der Waals surface area contributed by atoms with Gasteiger partial charge in [-0.05, 0) is 24.0 Å². The van der Waals surface area contributed by atoms with E-state index in [4.69, 9.17) is 16.3 Å². The van der Waals surface area contributed by atoms with E-state index in [1.54, 1.807) is 0 Å². The maximum atomic E-state index is 11.9. The van der Waals surface area contributed by atoms with Crippen molar-refractivity contribution >= 4 is 21.6 Å². The molecular formula is C14H22ClNO3S. The summed E-state index contributed by atoms with van der Waals surface area (Å²) >= 11 is 5.65. The molecule has 0 amide bonds. The Morgan fingerprint density at radius 2 is 1.95 bits per heavy atom. The molecule has 0 aliphatic heterocycles. The van der Waals surface area contributed by atoms with Crippen molar-refractivity contribution < 1.29 is 13.2 Å². The van der Waals surface area contributed by atoms with Crippen LogP contribution in [0.4, 0.5) is 0 Å². The van der Waals surface area contributed by atoms with Gasteiger partial charge in [0.05, 0.1) is 12.4 Å². The predicted molar refractivity (Wildman–Crippen MR) is 82.3 cm³/mol. The highest BCUT2D eigenvalue weighted by Gasteiger charge is 2.15. The summed E-state index contributed by atoms with van der Waals surface area (Å²) in [7, 11) is -3.30. The van der Waals surface area contributed by atoms with Crippen LogP contribution in [0.2, 0.25) is 0 Å². The van der Waals surface area contributed by atoms with Crippen molar-refractivity contribution in [1.82, 2.24) is 4.72 Å².